The van der Waals surface area contributed by atoms with Crippen LogP contribution in [0.2, 0.25) is 10.0 Å². The summed E-state index contributed by atoms with van der Waals surface area (Å²) < 4.78 is 38.8. The van der Waals surface area contributed by atoms with E-state index in [0.717, 1.165) is 16.7 Å². The van der Waals surface area contributed by atoms with Crippen LogP contribution >= 0.6 is 23.2 Å². The average molecular weight is 580 g/mol. The van der Waals surface area contributed by atoms with E-state index >= 15 is 0 Å². The van der Waals surface area contributed by atoms with E-state index in [1.54, 1.807) is 26.2 Å². The SMILES string of the molecule is COc1cccc(OC)c1-c1ccc(C[C@@H](C(=O)O)N(C)C2CCN2S(=O)(=O)c2cc(Cl)cc(Cl)c2)cc1. The second kappa shape index (κ2) is 11.5. The smallest absolute Gasteiger partial charge is 0.321 e. The van der Waals surface area contributed by atoms with Crippen LogP contribution in [-0.2, 0) is 21.2 Å². The van der Waals surface area contributed by atoms with E-state index in [0.29, 0.717) is 17.9 Å². The molecule has 1 N–H and O–H groups in total. The average Bonchev–Trinajstić information content (AvgIpc) is 2.85. The zero-order chi connectivity index (χ0) is 27.6. The van der Waals surface area contributed by atoms with Crippen LogP contribution in [0.1, 0.15) is 12.0 Å². The second-order valence-electron chi connectivity index (χ2n) is 8.95. The molecule has 38 heavy (non-hydrogen) atoms. The molecule has 0 radical (unpaired) electrons. The first-order valence-corrected chi connectivity index (χ1v) is 14.0. The Bertz CT molecular complexity index is 1390. The summed E-state index contributed by atoms with van der Waals surface area (Å²) in [6.07, 6.45) is 0.0686. The van der Waals surface area contributed by atoms with E-state index in [4.69, 9.17) is 32.7 Å². The number of rotatable bonds is 10. The molecule has 202 valence electrons. The number of carboxylic acid groups (broad SMARTS) is 1. The zero-order valence-electron chi connectivity index (χ0n) is 21.1. The van der Waals surface area contributed by atoms with Crippen LogP contribution in [0.4, 0.5) is 0 Å². The summed E-state index contributed by atoms with van der Waals surface area (Å²) >= 11 is 12.0. The predicted octanol–water partition coefficient (Wildman–Crippen LogP) is 5.03. The van der Waals surface area contributed by atoms with E-state index in [9.17, 15) is 18.3 Å². The Morgan fingerprint density at radius 1 is 1.05 bits per heavy atom. The minimum atomic E-state index is -3.92. The highest BCUT2D eigenvalue weighted by molar-refractivity contribution is 7.89. The Kier molecular flexibility index (Phi) is 8.54. The number of hydrogen-bond acceptors (Lipinski definition) is 6. The normalized spacial score (nSPS) is 16.6. The lowest BCUT2D eigenvalue weighted by Crippen LogP contribution is -2.62. The largest absolute Gasteiger partial charge is 0.496 e. The highest BCUT2D eigenvalue weighted by Gasteiger charge is 2.44. The maximum absolute atomic E-state index is 13.3. The summed E-state index contributed by atoms with van der Waals surface area (Å²) in [6.45, 7) is 0.267. The van der Waals surface area contributed by atoms with Crippen molar-refractivity contribution < 1.29 is 27.8 Å². The van der Waals surface area contributed by atoms with E-state index in [2.05, 4.69) is 0 Å². The minimum absolute atomic E-state index is 0.0256. The van der Waals surface area contributed by atoms with Gasteiger partial charge in [0.05, 0.1) is 30.8 Å². The molecule has 1 saturated heterocycles. The molecule has 11 heteroatoms. The van der Waals surface area contributed by atoms with Gasteiger partial charge in [-0.05, 0) is 61.3 Å². The van der Waals surface area contributed by atoms with Gasteiger partial charge in [-0.25, -0.2) is 8.42 Å². The highest BCUT2D eigenvalue weighted by atomic mass is 35.5. The molecule has 4 rings (SSSR count). The molecule has 0 aromatic heterocycles. The Labute approximate surface area is 232 Å². The Hall–Kier alpha value is -2.82. The van der Waals surface area contributed by atoms with Crippen molar-refractivity contribution in [2.45, 2.75) is 29.9 Å². The molecule has 1 fully saturated rings. The number of aliphatic carboxylic acids is 1. The van der Waals surface area contributed by atoms with Crippen LogP contribution in [0, 0.1) is 0 Å². The number of hydrogen-bond donors (Lipinski definition) is 1. The molecule has 0 saturated carbocycles. The summed E-state index contributed by atoms with van der Waals surface area (Å²) in [5, 5.41) is 10.5. The van der Waals surface area contributed by atoms with Gasteiger partial charge in [-0.1, -0.05) is 53.5 Å². The van der Waals surface area contributed by atoms with Gasteiger partial charge in [0.1, 0.15) is 17.5 Å². The fourth-order valence-electron chi connectivity index (χ4n) is 4.63. The van der Waals surface area contributed by atoms with Crippen molar-refractivity contribution in [3.63, 3.8) is 0 Å². The lowest BCUT2D eigenvalue weighted by Gasteiger charge is -2.46. The van der Waals surface area contributed by atoms with Gasteiger partial charge in [0, 0.05) is 16.6 Å². The third-order valence-corrected chi connectivity index (χ3v) is 9.04. The fourth-order valence-corrected chi connectivity index (χ4v) is 7.03. The summed E-state index contributed by atoms with van der Waals surface area (Å²) in [5.41, 5.74) is 2.45. The molecule has 1 aliphatic rings. The molecule has 1 heterocycles. The van der Waals surface area contributed by atoms with Gasteiger partial charge in [-0.3, -0.25) is 9.69 Å². The molecule has 0 amide bonds. The van der Waals surface area contributed by atoms with Crippen molar-refractivity contribution in [1.82, 2.24) is 9.21 Å². The number of sulfonamides is 1. The molecule has 0 bridgehead atoms. The number of benzene rings is 3. The van der Waals surface area contributed by atoms with Gasteiger partial charge in [0.15, 0.2) is 0 Å². The van der Waals surface area contributed by atoms with Crippen LogP contribution in [-0.4, -0.2) is 68.7 Å². The Balaban J connectivity index is 1.55. The van der Waals surface area contributed by atoms with Gasteiger partial charge in [0.25, 0.3) is 0 Å². The van der Waals surface area contributed by atoms with Crippen LogP contribution < -0.4 is 9.47 Å². The topological polar surface area (TPSA) is 96.4 Å². The highest BCUT2D eigenvalue weighted by Crippen LogP contribution is 2.38. The molecule has 1 aliphatic heterocycles. The quantitative estimate of drug-likeness (QED) is 0.360. The van der Waals surface area contributed by atoms with Gasteiger partial charge >= 0.3 is 5.97 Å². The second-order valence-corrected chi connectivity index (χ2v) is 11.7. The van der Waals surface area contributed by atoms with Crippen molar-refractivity contribution in [1.29, 1.82) is 0 Å². The lowest BCUT2D eigenvalue weighted by atomic mass is 9.98. The maximum Gasteiger partial charge on any atom is 0.321 e. The molecule has 3 aromatic carbocycles. The molecular formula is C27H28Cl2N2O6S. The van der Waals surface area contributed by atoms with Gasteiger partial charge in [-0.2, -0.15) is 4.31 Å². The number of halogens is 2. The molecule has 0 spiro atoms. The summed E-state index contributed by atoms with van der Waals surface area (Å²) in [6, 6.07) is 16.2. The Morgan fingerprint density at radius 3 is 2.11 bits per heavy atom. The van der Waals surface area contributed by atoms with Gasteiger partial charge in [-0.15, -0.1) is 0 Å². The number of nitrogens with zero attached hydrogens (tertiary/aromatic N) is 2. The zero-order valence-corrected chi connectivity index (χ0v) is 23.4. The van der Waals surface area contributed by atoms with E-state index in [-0.39, 0.29) is 27.9 Å². The van der Waals surface area contributed by atoms with Crippen molar-refractivity contribution >= 4 is 39.2 Å². The first-order valence-electron chi connectivity index (χ1n) is 11.8. The number of ether oxygens (including phenoxy) is 2. The summed E-state index contributed by atoms with van der Waals surface area (Å²) in [7, 11) is 0.889. The number of carbonyl (C=O) groups is 1. The standard InChI is InChI=1S/C27H28Cl2N2O6S/c1-30(25-11-12-31(25)38(34,35)21-15-19(28)14-20(29)16-21)22(27(32)33)13-17-7-9-18(10-8-17)26-23(36-2)5-4-6-24(26)37-3/h4-10,14-16,22,25H,11-13H2,1-3H3,(H,32,33)/t22-,25?/m0/s1. The van der Waals surface area contributed by atoms with Crippen LogP contribution in [0.5, 0.6) is 11.5 Å². The number of methoxy groups -OCH3 is 2. The van der Waals surface area contributed by atoms with Gasteiger partial charge in [0.2, 0.25) is 10.0 Å². The monoisotopic (exact) mass is 578 g/mol. The third-order valence-electron chi connectivity index (χ3n) is 6.73. The number of likely N-dealkylation sites (N-methyl/N-ethyl adjacent to an activating group) is 1. The van der Waals surface area contributed by atoms with E-state index in [1.807, 2.05) is 42.5 Å². The van der Waals surface area contributed by atoms with Crippen molar-refractivity contribution in [3.8, 4) is 22.6 Å². The van der Waals surface area contributed by atoms with E-state index in [1.165, 1.54) is 22.5 Å². The van der Waals surface area contributed by atoms with Crippen molar-refractivity contribution in [2.75, 3.05) is 27.8 Å². The lowest BCUT2D eigenvalue weighted by molar-refractivity contribution is -0.146. The van der Waals surface area contributed by atoms with Crippen molar-refractivity contribution in [2.24, 2.45) is 0 Å². The van der Waals surface area contributed by atoms with Crippen LogP contribution in [0.3, 0.4) is 0 Å². The molecule has 0 aliphatic carbocycles. The van der Waals surface area contributed by atoms with Crippen LogP contribution in [0.25, 0.3) is 11.1 Å². The molecule has 8 nitrogen and oxygen atoms in total. The summed E-state index contributed by atoms with van der Waals surface area (Å²) in [5.74, 6) is 0.276. The van der Waals surface area contributed by atoms with Crippen molar-refractivity contribution in [3.05, 3.63) is 76.3 Å². The maximum atomic E-state index is 13.3. The third kappa shape index (κ3) is 5.62. The van der Waals surface area contributed by atoms with E-state index < -0.39 is 28.2 Å². The fraction of sp³-hybridized carbons (Fsp3) is 0.296. The molecule has 3 aromatic rings. The first kappa shape index (κ1) is 28.2. The van der Waals surface area contributed by atoms with Gasteiger partial charge < -0.3 is 14.6 Å². The Morgan fingerprint density at radius 2 is 1.63 bits per heavy atom. The number of carboxylic acids is 1. The predicted molar refractivity (Wildman–Crippen MR) is 147 cm³/mol. The van der Waals surface area contributed by atoms with Crippen LogP contribution in [0.15, 0.2) is 65.6 Å². The molecule has 2 atom stereocenters. The molecular weight excluding hydrogens is 551 g/mol. The first-order chi connectivity index (χ1) is 18.1. The minimum Gasteiger partial charge on any atom is -0.496 e. The summed E-state index contributed by atoms with van der Waals surface area (Å²) in [4.78, 5) is 13.8. The molecule has 1 unspecified atom stereocenters.